The highest BCUT2D eigenvalue weighted by molar-refractivity contribution is 9.11. The van der Waals surface area contributed by atoms with Crippen LogP contribution in [-0.2, 0) is 5.33 Å². The van der Waals surface area contributed by atoms with Crippen LogP contribution >= 0.6 is 43.2 Å². The van der Waals surface area contributed by atoms with Gasteiger partial charge in [0.2, 0.25) is 0 Å². The smallest absolute Gasteiger partial charge is 0.258 e. The quantitative estimate of drug-likeness (QED) is 0.794. The van der Waals surface area contributed by atoms with Gasteiger partial charge >= 0.3 is 0 Å². The van der Waals surface area contributed by atoms with Gasteiger partial charge in [0.05, 0.1) is 14.7 Å². The largest absolute Gasteiger partial charge is 0.334 e. The van der Waals surface area contributed by atoms with Crippen LogP contribution in [-0.4, -0.2) is 10.1 Å². The molecule has 0 aromatic carbocycles. The second-order valence-corrected chi connectivity index (χ2v) is 5.14. The molecule has 0 radical (unpaired) electrons. The minimum Gasteiger partial charge on any atom is -0.334 e. The van der Waals surface area contributed by atoms with Gasteiger partial charge in [-0.15, -0.1) is 11.3 Å². The number of halogens is 2. The Balaban J connectivity index is 2.35. The molecule has 68 valence electrons. The lowest BCUT2D eigenvalue weighted by atomic mass is 10.3. The highest BCUT2D eigenvalue weighted by Crippen LogP contribution is 2.27. The number of nitrogens with zero attached hydrogens (tertiary/aromatic N) is 2. The van der Waals surface area contributed by atoms with E-state index in [4.69, 9.17) is 4.52 Å². The van der Waals surface area contributed by atoms with Crippen molar-refractivity contribution in [3.8, 4) is 11.5 Å². The van der Waals surface area contributed by atoms with Crippen LogP contribution in [0.1, 0.15) is 5.82 Å². The Morgan fingerprint density at radius 2 is 2.38 bits per heavy atom. The highest BCUT2D eigenvalue weighted by atomic mass is 79.9. The molecule has 0 amide bonds. The molecule has 6 heteroatoms. The molecule has 2 aromatic heterocycles. The summed E-state index contributed by atoms with van der Waals surface area (Å²) in [4.78, 5) is 4.17. The summed E-state index contributed by atoms with van der Waals surface area (Å²) >= 11 is 8.22. The Labute approximate surface area is 95.4 Å². The van der Waals surface area contributed by atoms with E-state index in [0.29, 0.717) is 17.0 Å². The molecule has 0 spiro atoms. The van der Waals surface area contributed by atoms with Gasteiger partial charge in [0.1, 0.15) is 0 Å². The second-order valence-electron chi connectivity index (χ2n) is 2.29. The van der Waals surface area contributed by atoms with Gasteiger partial charge in [0.25, 0.3) is 5.89 Å². The van der Waals surface area contributed by atoms with Crippen LogP contribution in [0.4, 0.5) is 0 Å². The summed E-state index contributed by atoms with van der Waals surface area (Å²) in [6.45, 7) is 0. The van der Waals surface area contributed by atoms with E-state index in [2.05, 4.69) is 42.0 Å². The maximum absolute atomic E-state index is 5.05. The van der Waals surface area contributed by atoms with Crippen LogP contribution in [0.15, 0.2) is 19.8 Å². The molecule has 2 rings (SSSR count). The topological polar surface area (TPSA) is 38.9 Å². The minimum absolute atomic E-state index is 0.566. The predicted octanol–water partition coefficient (Wildman–Crippen LogP) is 3.46. The van der Waals surface area contributed by atoms with Crippen molar-refractivity contribution >= 4 is 43.2 Å². The second kappa shape index (κ2) is 3.89. The van der Waals surface area contributed by atoms with Crippen molar-refractivity contribution in [3.05, 3.63) is 21.1 Å². The lowest BCUT2D eigenvalue weighted by Crippen LogP contribution is -1.78. The first-order valence-electron chi connectivity index (χ1n) is 3.42. The summed E-state index contributed by atoms with van der Waals surface area (Å²) in [5.41, 5.74) is 0.955. The number of hydrogen-bond donors (Lipinski definition) is 0. The van der Waals surface area contributed by atoms with E-state index in [1.54, 1.807) is 11.3 Å². The number of thiophene rings is 1. The molecule has 0 N–H and O–H groups in total. The third-order valence-electron chi connectivity index (χ3n) is 1.40. The molecule has 0 atom stereocenters. The molecule has 0 bridgehead atoms. The van der Waals surface area contributed by atoms with E-state index >= 15 is 0 Å². The maximum atomic E-state index is 5.05. The van der Waals surface area contributed by atoms with E-state index in [1.165, 1.54) is 0 Å². The maximum Gasteiger partial charge on any atom is 0.258 e. The van der Waals surface area contributed by atoms with Gasteiger partial charge in [0.15, 0.2) is 5.82 Å². The van der Waals surface area contributed by atoms with E-state index in [0.717, 1.165) is 9.35 Å². The van der Waals surface area contributed by atoms with Crippen molar-refractivity contribution in [1.29, 1.82) is 0 Å². The number of rotatable bonds is 2. The summed E-state index contributed by atoms with van der Waals surface area (Å²) in [6, 6.07) is 1.95. The third-order valence-corrected chi connectivity index (χ3v) is 3.41. The molecule has 2 aromatic rings. The number of aromatic nitrogens is 2. The summed E-state index contributed by atoms with van der Waals surface area (Å²) < 4.78 is 6.11. The van der Waals surface area contributed by atoms with E-state index in [1.807, 2.05) is 11.4 Å². The molecule has 2 heterocycles. The van der Waals surface area contributed by atoms with Crippen molar-refractivity contribution < 1.29 is 4.52 Å². The lowest BCUT2D eigenvalue weighted by Gasteiger charge is -1.82. The Morgan fingerprint density at radius 3 is 2.92 bits per heavy atom. The van der Waals surface area contributed by atoms with Gasteiger partial charge in [-0.2, -0.15) is 4.98 Å². The van der Waals surface area contributed by atoms with Crippen LogP contribution in [0.25, 0.3) is 11.5 Å². The highest BCUT2D eigenvalue weighted by Gasteiger charge is 2.08. The zero-order valence-electron chi connectivity index (χ0n) is 6.33. The molecule has 0 fully saturated rings. The average Bonchev–Trinajstić information content (AvgIpc) is 2.71. The summed E-state index contributed by atoms with van der Waals surface area (Å²) in [7, 11) is 0. The van der Waals surface area contributed by atoms with Crippen molar-refractivity contribution in [1.82, 2.24) is 10.1 Å². The molecule has 0 aliphatic rings. The SMILES string of the molecule is BrCc1noc(-c2csc(Br)c2)n1. The first kappa shape index (κ1) is 9.36. The fourth-order valence-corrected chi connectivity index (χ4v) is 2.21. The number of hydrogen-bond acceptors (Lipinski definition) is 4. The van der Waals surface area contributed by atoms with Crippen molar-refractivity contribution in [2.75, 3.05) is 0 Å². The molecule has 0 aliphatic heterocycles. The Kier molecular flexibility index (Phi) is 2.80. The Morgan fingerprint density at radius 1 is 1.54 bits per heavy atom. The monoisotopic (exact) mass is 322 g/mol. The van der Waals surface area contributed by atoms with Gasteiger partial charge < -0.3 is 4.52 Å². The first-order valence-corrected chi connectivity index (χ1v) is 6.22. The van der Waals surface area contributed by atoms with Crippen molar-refractivity contribution in [3.63, 3.8) is 0 Å². The molecule has 0 aliphatic carbocycles. The molecule has 13 heavy (non-hydrogen) atoms. The molecule has 0 saturated carbocycles. The van der Waals surface area contributed by atoms with Crippen LogP contribution in [0.2, 0.25) is 0 Å². The lowest BCUT2D eigenvalue weighted by molar-refractivity contribution is 0.425. The van der Waals surface area contributed by atoms with Gasteiger partial charge in [-0.3, -0.25) is 0 Å². The van der Waals surface area contributed by atoms with Gasteiger partial charge in [0, 0.05) is 5.38 Å². The van der Waals surface area contributed by atoms with Gasteiger partial charge in [-0.1, -0.05) is 21.1 Å². The molecule has 3 nitrogen and oxygen atoms in total. The minimum atomic E-state index is 0.566. The van der Waals surface area contributed by atoms with E-state index in [9.17, 15) is 0 Å². The van der Waals surface area contributed by atoms with Crippen LogP contribution in [0, 0.1) is 0 Å². The third kappa shape index (κ3) is 2.00. The zero-order chi connectivity index (χ0) is 9.26. The Bertz CT molecular complexity index is 412. The Hall–Kier alpha value is -0.200. The molecule has 0 unspecified atom stereocenters. The molecular formula is C7H4Br2N2OS. The number of alkyl halides is 1. The molecule has 0 saturated heterocycles. The fraction of sp³-hybridized carbons (Fsp3) is 0.143. The van der Waals surface area contributed by atoms with Crippen molar-refractivity contribution in [2.24, 2.45) is 0 Å². The molecular weight excluding hydrogens is 320 g/mol. The van der Waals surface area contributed by atoms with Gasteiger partial charge in [-0.25, -0.2) is 0 Å². The van der Waals surface area contributed by atoms with Crippen LogP contribution in [0.5, 0.6) is 0 Å². The summed E-state index contributed by atoms with van der Waals surface area (Å²) in [5, 5.41) is 6.36. The van der Waals surface area contributed by atoms with E-state index in [-0.39, 0.29) is 0 Å². The fourth-order valence-electron chi connectivity index (χ4n) is 0.848. The zero-order valence-corrected chi connectivity index (χ0v) is 10.3. The van der Waals surface area contributed by atoms with Crippen molar-refractivity contribution in [2.45, 2.75) is 5.33 Å². The summed E-state index contributed by atoms with van der Waals surface area (Å²) in [5.74, 6) is 1.23. The summed E-state index contributed by atoms with van der Waals surface area (Å²) in [6.07, 6.45) is 0. The standard InChI is InChI=1S/C7H4Br2N2OS/c8-2-6-10-7(12-11-6)4-1-5(9)13-3-4/h1,3H,2H2. The average molecular weight is 324 g/mol. The normalized spacial score (nSPS) is 10.6. The van der Waals surface area contributed by atoms with Crippen LogP contribution < -0.4 is 0 Å². The predicted molar refractivity (Wildman–Crippen MR) is 57.9 cm³/mol. The van der Waals surface area contributed by atoms with E-state index < -0.39 is 0 Å². The van der Waals surface area contributed by atoms with Crippen LogP contribution in [0.3, 0.4) is 0 Å². The van der Waals surface area contributed by atoms with Gasteiger partial charge in [-0.05, 0) is 22.0 Å². The first-order chi connectivity index (χ1) is 6.29.